The van der Waals surface area contributed by atoms with Crippen molar-refractivity contribution in [2.45, 2.75) is 40.0 Å². The molecule has 2 aromatic heterocycles. The molecular weight excluding hydrogens is 356 g/mol. The molecule has 6 heteroatoms. The summed E-state index contributed by atoms with van der Waals surface area (Å²) in [5, 5.41) is 1.60. The van der Waals surface area contributed by atoms with Crippen LogP contribution in [-0.2, 0) is 22.3 Å². The van der Waals surface area contributed by atoms with Crippen LogP contribution in [0.3, 0.4) is 0 Å². The van der Waals surface area contributed by atoms with E-state index in [1.54, 1.807) is 23.9 Å². The number of benzene rings is 1. The number of fused-ring (bicyclic) bond motifs is 3. The molecule has 1 aromatic carbocycles. The first-order chi connectivity index (χ1) is 12.9. The van der Waals surface area contributed by atoms with Gasteiger partial charge in [0.15, 0.2) is 9.76 Å². The van der Waals surface area contributed by atoms with E-state index in [0.717, 1.165) is 29.4 Å². The molecule has 2 heterocycles. The second kappa shape index (κ2) is 8.33. The molecule has 5 nitrogen and oxygen atoms in total. The van der Waals surface area contributed by atoms with Crippen molar-refractivity contribution in [3.63, 3.8) is 0 Å². The van der Waals surface area contributed by atoms with Gasteiger partial charge in [0.25, 0.3) is 5.56 Å². The first-order valence-electron chi connectivity index (χ1n) is 9.37. The van der Waals surface area contributed by atoms with Crippen LogP contribution < -0.4 is 5.56 Å². The fourth-order valence-electron chi connectivity index (χ4n) is 3.14. The van der Waals surface area contributed by atoms with Crippen LogP contribution in [0.1, 0.15) is 26.3 Å². The first kappa shape index (κ1) is 19.7. The standard InChI is InChI=1S/C21H28N2O3Si/c1-21(2,3)13-27-26-11-9-15-7-8-18-17(12-15)19-16(6-5-10-22-19)20(24)23(18)14-25-4/h5-8,10,12H,9,11,13-14,27H2,1-4H3. The van der Waals surface area contributed by atoms with Gasteiger partial charge in [0.2, 0.25) is 0 Å². The number of methoxy groups -OCH3 is 1. The molecule has 0 N–H and O–H groups in total. The second-order valence-corrected chi connectivity index (χ2v) is 9.39. The number of ether oxygens (including phenoxy) is 1. The quantitative estimate of drug-likeness (QED) is 0.356. The van der Waals surface area contributed by atoms with Crippen molar-refractivity contribution in [3.8, 4) is 0 Å². The summed E-state index contributed by atoms with van der Waals surface area (Å²) in [4.78, 5) is 17.2. The molecule has 0 aliphatic heterocycles. The maximum absolute atomic E-state index is 12.8. The molecule has 144 valence electrons. The van der Waals surface area contributed by atoms with Gasteiger partial charge in [-0.2, -0.15) is 0 Å². The molecule has 0 atom stereocenters. The molecule has 27 heavy (non-hydrogen) atoms. The summed E-state index contributed by atoms with van der Waals surface area (Å²) in [5.41, 5.74) is 3.07. The molecular formula is C21H28N2O3Si. The molecule has 3 aromatic rings. The molecule has 0 fully saturated rings. The van der Waals surface area contributed by atoms with E-state index in [4.69, 9.17) is 9.16 Å². The highest BCUT2D eigenvalue weighted by atomic mass is 28.2. The Morgan fingerprint density at radius 1 is 1.19 bits per heavy atom. The Balaban J connectivity index is 1.89. The Kier molecular flexibility index (Phi) is 6.09. The van der Waals surface area contributed by atoms with E-state index >= 15 is 0 Å². The van der Waals surface area contributed by atoms with E-state index in [0.29, 0.717) is 10.8 Å². The van der Waals surface area contributed by atoms with Crippen molar-refractivity contribution in [1.29, 1.82) is 0 Å². The Morgan fingerprint density at radius 3 is 2.74 bits per heavy atom. The number of nitrogens with zero attached hydrogens (tertiary/aromatic N) is 2. The van der Waals surface area contributed by atoms with Crippen molar-refractivity contribution in [1.82, 2.24) is 9.55 Å². The van der Waals surface area contributed by atoms with Gasteiger partial charge >= 0.3 is 0 Å². The number of aromatic nitrogens is 2. The van der Waals surface area contributed by atoms with Gasteiger partial charge in [-0.25, -0.2) is 0 Å². The zero-order valence-corrected chi connectivity index (χ0v) is 18.0. The number of rotatable bonds is 7. The molecule has 0 saturated carbocycles. The lowest BCUT2D eigenvalue weighted by Crippen LogP contribution is -2.22. The minimum absolute atomic E-state index is 0.0725. The molecule has 0 spiro atoms. The van der Waals surface area contributed by atoms with E-state index in [1.165, 1.54) is 11.6 Å². The third kappa shape index (κ3) is 4.64. The van der Waals surface area contributed by atoms with Gasteiger partial charge in [-0.05, 0) is 47.7 Å². The molecule has 0 aliphatic rings. The first-order valence-corrected chi connectivity index (χ1v) is 11.0. The Hall–Kier alpha value is -2.02. The van der Waals surface area contributed by atoms with Gasteiger partial charge in [0.1, 0.15) is 6.73 Å². The summed E-state index contributed by atoms with van der Waals surface area (Å²) in [6.45, 7) is 7.73. The largest absolute Gasteiger partial charge is 0.424 e. The van der Waals surface area contributed by atoms with Gasteiger partial charge in [-0.3, -0.25) is 14.3 Å². The van der Waals surface area contributed by atoms with Crippen LogP contribution in [0.5, 0.6) is 0 Å². The van der Waals surface area contributed by atoms with Gasteiger partial charge in [-0.1, -0.05) is 26.8 Å². The molecule has 0 amide bonds. The minimum atomic E-state index is -0.476. The molecule has 0 bridgehead atoms. The van der Waals surface area contributed by atoms with Gasteiger partial charge in [0, 0.05) is 25.3 Å². The summed E-state index contributed by atoms with van der Waals surface area (Å²) in [6, 6.07) is 11.0. The van der Waals surface area contributed by atoms with Gasteiger partial charge < -0.3 is 9.16 Å². The monoisotopic (exact) mass is 384 g/mol. The predicted molar refractivity (Wildman–Crippen MR) is 113 cm³/mol. The van der Waals surface area contributed by atoms with Crippen LogP contribution in [0.2, 0.25) is 6.04 Å². The summed E-state index contributed by atoms with van der Waals surface area (Å²) in [7, 11) is 1.12. The maximum atomic E-state index is 12.8. The molecule has 3 rings (SSSR count). The topological polar surface area (TPSA) is 53.4 Å². The summed E-state index contributed by atoms with van der Waals surface area (Å²) in [6.07, 6.45) is 2.60. The zero-order chi connectivity index (χ0) is 19.4. The van der Waals surface area contributed by atoms with E-state index in [9.17, 15) is 4.79 Å². The third-order valence-corrected chi connectivity index (χ3v) is 6.96. The Labute approximate surface area is 162 Å². The lowest BCUT2D eigenvalue weighted by atomic mass is 10.0. The van der Waals surface area contributed by atoms with Crippen LogP contribution >= 0.6 is 0 Å². The minimum Gasteiger partial charge on any atom is -0.424 e. The normalized spacial score (nSPS) is 12.6. The molecule has 0 saturated heterocycles. The van der Waals surface area contributed by atoms with Crippen LogP contribution in [0.15, 0.2) is 41.3 Å². The fourth-order valence-corrected chi connectivity index (χ4v) is 4.24. The predicted octanol–water partition coefficient (Wildman–Crippen LogP) is 3.26. The van der Waals surface area contributed by atoms with Crippen LogP contribution in [0, 0.1) is 5.41 Å². The van der Waals surface area contributed by atoms with Crippen LogP contribution in [-0.4, -0.2) is 33.0 Å². The molecule has 0 aliphatic carbocycles. The van der Waals surface area contributed by atoms with Crippen LogP contribution in [0.25, 0.3) is 21.8 Å². The number of hydrogen-bond acceptors (Lipinski definition) is 4. The lowest BCUT2D eigenvalue weighted by molar-refractivity contribution is 0.132. The summed E-state index contributed by atoms with van der Waals surface area (Å²) < 4.78 is 12.8. The van der Waals surface area contributed by atoms with Crippen molar-refractivity contribution < 1.29 is 9.16 Å². The van der Waals surface area contributed by atoms with Crippen molar-refractivity contribution in [2.75, 3.05) is 13.7 Å². The van der Waals surface area contributed by atoms with Crippen molar-refractivity contribution in [2.24, 2.45) is 5.41 Å². The second-order valence-electron chi connectivity index (χ2n) is 8.08. The van der Waals surface area contributed by atoms with Crippen LogP contribution in [0.4, 0.5) is 0 Å². The van der Waals surface area contributed by atoms with Gasteiger partial charge in [-0.15, -0.1) is 0 Å². The zero-order valence-electron chi connectivity index (χ0n) is 16.6. The highest BCUT2D eigenvalue weighted by Gasteiger charge is 2.12. The highest BCUT2D eigenvalue weighted by Crippen LogP contribution is 2.23. The smallest absolute Gasteiger partial charge is 0.262 e. The molecule has 0 radical (unpaired) electrons. The summed E-state index contributed by atoms with van der Waals surface area (Å²) >= 11 is 0. The van der Waals surface area contributed by atoms with Crippen molar-refractivity contribution in [3.05, 3.63) is 52.4 Å². The average molecular weight is 385 g/mol. The summed E-state index contributed by atoms with van der Waals surface area (Å²) in [5.74, 6) is 0. The van der Waals surface area contributed by atoms with E-state index in [1.807, 2.05) is 12.1 Å². The number of pyridine rings is 2. The number of hydrogen-bond donors (Lipinski definition) is 0. The lowest BCUT2D eigenvalue weighted by Gasteiger charge is -2.17. The molecule has 0 unspecified atom stereocenters. The third-order valence-electron chi connectivity index (χ3n) is 4.68. The Bertz CT molecular complexity index is 992. The highest BCUT2D eigenvalue weighted by molar-refractivity contribution is 6.27. The SMILES string of the molecule is COCn1c(=O)c2cccnc2c2cc(CCO[SiH2]CC(C)(C)C)ccc21. The maximum Gasteiger partial charge on any atom is 0.262 e. The van der Waals surface area contributed by atoms with E-state index in [2.05, 4.69) is 37.9 Å². The van der Waals surface area contributed by atoms with Crippen molar-refractivity contribution >= 4 is 31.6 Å². The van der Waals surface area contributed by atoms with E-state index < -0.39 is 9.76 Å². The van der Waals surface area contributed by atoms with E-state index in [-0.39, 0.29) is 12.3 Å². The fraction of sp³-hybridized carbons (Fsp3) is 0.429. The average Bonchev–Trinajstić information content (AvgIpc) is 2.64. The Morgan fingerprint density at radius 2 is 2.00 bits per heavy atom. The van der Waals surface area contributed by atoms with Gasteiger partial charge in [0.05, 0.1) is 16.4 Å².